The zero-order valence-electron chi connectivity index (χ0n) is 11.9. The summed E-state index contributed by atoms with van der Waals surface area (Å²) in [4.78, 5) is 0. The Kier molecular flexibility index (Phi) is 3.54. The van der Waals surface area contributed by atoms with Crippen molar-refractivity contribution in [1.82, 2.24) is 5.32 Å². The number of nitrogens with one attached hydrogen (secondary N) is 1. The fraction of sp³-hybridized carbons (Fsp3) is 0.312. The lowest BCUT2D eigenvalue weighted by atomic mass is 9.90. The number of nitrogen functional groups attached to an aromatic ring is 1. The normalized spacial score (nSPS) is 21.3. The van der Waals surface area contributed by atoms with Crippen LogP contribution in [0.5, 0.6) is 0 Å². The Morgan fingerprint density at radius 1 is 1.40 bits per heavy atom. The van der Waals surface area contributed by atoms with Gasteiger partial charge in [-0.2, -0.15) is 5.26 Å². The zero-order chi connectivity index (χ0) is 14.9. The number of nitrogens with zero attached hydrogens (tertiary/aromatic N) is 1. The Morgan fingerprint density at radius 3 is 2.70 bits per heavy atom. The van der Waals surface area contributed by atoms with E-state index in [-0.39, 0.29) is 11.7 Å². The van der Waals surface area contributed by atoms with Crippen molar-refractivity contribution in [3.05, 3.63) is 47.4 Å². The number of benzene rings is 1. The van der Waals surface area contributed by atoms with Crippen LogP contribution in [-0.2, 0) is 0 Å². The van der Waals surface area contributed by atoms with E-state index in [1.165, 1.54) is 12.1 Å². The standard InChI is InChI=1S/C16H18FN3/c1-10(2)13-6-12(17)7-14(15(13)19)11-4-5-20-16(3,8-11)9-18/h4-8,10,20H,19H2,1-3H3. The quantitative estimate of drug-likeness (QED) is 0.811. The predicted octanol–water partition coefficient (Wildman–Crippen LogP) is 3.31. The maximum atomic E-state index is 13.8. The lowest BCUT2D eigenvalue weighted by molar-refractivity contribution is 0.621. The molecular formula is C16H18FN3. The van der Waals surface area contributed by atoms with E-state index >= 15 is 0 Å². The van der Waals surface area contributed by atoms with Crippen LogP contribution >= 0.6 is 0 Å². The first-order chi connectivity index (χ1) is 9.36. The van der Waals surface area contributed by atoms with Crippen LogP contribution in [0.15, 0.2) is 30.5 Å². The highest BCUT2D eigenvalue weighted by Gasteiger charge is 2.24. The van der Waals surface area contributed by atoms with Gasteiger partial charge >= 0.3 is 0 Å². The van der Waals surface area contributed by atoms with Crippen molar-refractivity contribution in [1.29, 1.82) is 5.26 Å². The van der Waals surface area contributed by atoms with Crippen LogP contribution in [0.3, 0.4) is 0 Å². The Hall–Kier alpha value is -2.28. The molecule has 0 aliphatic carbocycles. The second kappa shape index (κ2) is 5.01. The zero-order valence-corrected chi connectivity index (χ0v) is 11.9. The summed E-state index contributed by atoms with van der Waals surface area (Å²) >= 11 is 0. The number of rotatable bonds is 2. The lowest BCUT2D eigenvalue weighted by Gasteiger charge is -2.24. The average Bonchev–Trinajstić information content (AvgIpc) is 2.40. The molecule has 0 aromatic heterocycles. The summed E-state index contributed by atoms with van der Waals surface area (Å²) in [5.41, 5.74) is 8.11. The van der Waals surface area contributed by atoms with Gasteiger partial charge in [-0.25, -0.2) is 4.39 Å². The number of allylic oxidation sites excluding steroid dienone is 2. The minimum absolute atomic E-state index is 0.137. The number of hydrogen-bond acceptors (Lipinski definition) is 3. The first kappa shape index (κ1) is 14.1. The van der Waals surface area contributed by atoms with E-state index in [0.717, 1.165) is 11.1 Å². The SMILES string of the molecule is CC(C)c1cc(F)cc(C2=CC(C)(C#N)NC=C2)c1N. The first-order valence-electron chi connectivity index (χ1n) is 6.54. The second-order valence-electron chi connectivity index (χ2n) is 5.50. The summed E-state index contributed by atoms with van der Waals surface area (Å²) in [7, 11) is 0. The van der Waals surface area contributed by atoms with Gasteiger partial charge in [-0.05, 0) is 54.5 Å². The first-order valence-corrected chi connectivity index (χ1v) is 6.54. The maximum Gasteiger partial charge on any atom is 0.141 e. The van der Waals surface area contributed by atoms with E-state index in [0.29, 0.717) is 11.3 Å². The number of anilines is 1. The number of nitrogens with two attached hydrogens (primary N) is 1. The molecular weight excluding hydrogens is 253 g/mol. The Morgan fingerprint density at radius 2 is 2.10 bits per heavy atom. The van der Waals surface area contributed by atoms with E-state index in [4.69, 9.17) is 5.73 Å². The lowest BCUT2D eigenvalue weighted by Crippen LogP contribution is -2.36. The van der Waals surface area contributed by atoms with Crippen molar-refractivity contribution in [3.8, 4) is 6.07 Å². The van der Waals surface area contributed by atoms with E-state index in [1.807, 2.05) is 13.8 Å². The van der Waals surface area contributed by atoms with Crippen LogP contribution in [0.4, 0.5) is 10.1 Å². The number of halogens is 1. The van der Waals surface area contributed by atoms with E-state index < -0.39 is 5.54 Å². The van der Waals surface area contributed by atoms with E-state index in [9.17, 15) is 9.65 Å². The van der Waals surface area contributed by atoms with Crippen molar-refractivity contribution < 1.29 is 4.39 Å². The minimum atomic E-state index is -0.805. The largest absolute Gasteiger partial charge is 0.398 e. The van der Waals surface area contributed by atoms with Crippen LogP contribution in [0.25, 0.3) is 5.57 Å². The Bertz CT molecular complexity index is 638. The van der Waals surface area contributed by atoms with Crippen molar-refractivity contribution in [2.24, 2.45) is 0 Å². The summed E-state index contributed by atoms with van der Waals surface area (Å²) < 4.78 is 13.8. The molecule has 1 unspecified atom stereocenters. The highest BCUT2D eigenvalue weighted by molar-refractivity contribution is 5.84. The molecule has 2 rings (SSSR count). The molecule has 1 heterocycles. The molecule has 0 bridgehead atoms. The molecule has 20 heavy (non-hydrogen) atoms. The molecule has 0 spiro atoms. The summed E-state index contributed by atoms with van der Waals surface area (Å²) in [6.07, 6.45) is 5.26. The van der Waals surface area contributed by atoms with Crippen LogP contribution in [0.1, 0.15) is 37.8 Å². The molecule has 0 amide bonds. The topological polar surface area (TPSA) is 61.8 Å². The molecule has 0 fully saturated rings. The van der Waals surface area contributed by atoms with Gasteiger partial charge in [0.05, 0.1) is 6.07 Å². The van der Waals surface area contributed by atoms with Crippen LogP contribution < -0.4 is 11.1 Å². The summed E-state index contributed by atoms with van der Waals surface area (Å²) in [6.45, 7) is 5.71. The summed E-state index contributed by atoms with van der Waals surface area (Å²) in [5.74, 6) is -0.178. The van der Waals surface area contributed by atoms with E-state index in [2.05, 4.69) is 11.4 Å². The van der Waals surface area contributed by atoms with E-state index in [1.54, 1.807) is 25.3 Å². The van der Waals surface area contributed by atoms with Gasteiger partial charge in [0, 0.05) is 11.3 Å². The summed E-state index contributed by atoms with van der Waals surface area (Å²) in [6, 6.07) is 5.07. The summed E-state index contributed by atoms with van der Waals surface area (Å²) in [5, 5.41) is 12.1. The number of nitriles is 1. The molecule has 1 aromatic carbocycles. The fourth-order valence-electron chi connectivity index (χ4n) is 2.29. The molecule has 0 saturated heterocycles. The van der Waals surface area contributed by atoms with Crippen LogP contribution in [0, 0.1) is 17.1 Å². The Balaban J connectivity index is 2.59. The molecule has 1 aliphatic heterocycles. The average molecular weight is 271 g/mol. The number of hydrogen-bond donors (Lipinski definition) is 2. The van der Waals surface area contributed by atoms with Gasteiger partial charge < -0.3 is 11.1 Å². The van der Waals surface area contributed by atoms with Crippen molar-refractivity contribution in [2.45, 2.75) is 32.2 Å². The van der Waals surface area contributed by atoms with Gasteiger partial charge in [-0.3, -0.25) is 0 Å². The number of dihydropyridines is 1. The van der Waals surface area contributed by atoms with Gasteiger partial charge in [-0.1, -0.05) is 13.8 Å². The highest BCUT2D eigenvalue weighted by Crippen LogP contribution is 2.33. The van der Waals surface area contributed by atoms with Gasteiger partial charge in [0.2, 0.25) is 0 Å². The molecule has 1 aliphatic rings. The van der Waals surface area contributed by atoms with Gasteiger partial charge in [-0.15, -0.1) is 0 Å². The van der Waals surface area contributed by atoms with Crippen molar-refractivity contribution in [3.63, 3.8) is 0 Å². The molecule has 3 nitrogen and oxygen atoms in total. The molecule has 104 valence electrons. The van der Waals surface area contributed by atoms with Crippen molar-refractivity contribution in [2.75, 3.05) is 5.73 Å². The molecule has 1 atom stereocenters. The van der Waals surface area contributed by atoms with Gasteiger partial charge in [0.1, 0.15) is 11.4 Å². The maximum absolute atomic E-state index is 13.8. The molecule has 4 heteroatoms. The highest BCUT2D eigenvalue weighted by atomic mass is 19.1. The third-order valence-corrected chi connectivity index (χ3v) is 3.43. The second-order valence-corrected chi connectivity index (χ2v) is 5.50. The van der Waals surface area contributed by atoms with Crippen LogP contribution in [0.2, 0.25) is 0 Å². The molecule has 0 radical (unpaired) electrons. The fourth-order valence-corrected chi connectivity index (χ4v) is 2.29. The van der Waals surface area contributed by atoms with Crippen molar-refractivity contribution >= 4 is 11.3 Å². The predicted molar refractivity (Wildman–Crippen MR) is 79.2 cm³/mol. The van der Waals surface area contributed by atoms with Gasteiger partial charge in [0.15, 0.2) is 0 Å². The Labute approximate surface area is 118 Å². The van der Waals surface area contributed by atoms with Crippen LogP contribution in [-0.4, -0.2) is 5.54 Å². The molecule has 3 N–H and O–H groups in total. The molecule has 0 saturated carbocycles. The smallest absolute Gasteiger partial charge is 0.141 e. The monoisotopic (exact) mass is 271 g/mol. The minimum Gasteiger partial charge on any atom is -0.398 e. The third-order valence-electron chi connectivity index (χ3n) is 3.43. The van der Waals surface area contributed by atoms with Gasteiger partial charge in [0.25, 0.3) is 0 Å². The molecule has 1 aromatic rings. The third kappa shape index (κ3) is 2.53.